The fraction of sp³-hybridized carbons (Fsp3) is 0.312. The van der Waals surface area contributed by atoms with Crippen molar-refractivity contribution in [3.8, 4) is 56.3 Å². The molecule has 114 heavy (non-hydrogen) atoms. The second-order valence-corrected chi connectivity index (χ2v) is 34.0. The van der Waals surface area contributed by atoms with Crippen molar-refractivity contribution in [1.82, 2.24) is 24.9 Å². The minimum Gasteiger partial charge on any atom is -0.248 e. The van der Waals surface area contributed by atoms with Crippen LogP contribution in [0.3, 0.4) is 0 Å². The lowest BCUT2D eigenvalue weighted by molar-refractivity contribution is 0.548. The highest BCUT2D eigenvalue weighted by molar-refractivity contribution is 5.89. The van der Waals surface area contributed by atoms with E-state index in [9.17, 15) is 0 Å². The molecule has 5 nitrogen and oxygen atoms in total. The lowest BCUT2D eigenvalue weighted by Gasteiger charge is -2.14. The molecular weight excluding hydrogens is 1380 g/mol. The summed E-state index contributed by atoms with van der Waals surface area (Å²) < 4.78 is 0. The number of rotatable bonds is 15. The summed E-state index contributed by atoms with van der Waals surface area (Å²) in [5.41, 5.74) is 29.7. The van der Waals surface area contributed by atoms with Gasteiger partial charge in [0.25, 0.3) is 0 Å². The van der Waals surface area contributed by atoms with Crippen molar-refractivity contribution in [2.24, 2.45) is 29.6 Å². The summed E-state index contributed by atoms with van der Waals surface area (Å²) in [6, 6.07) is 99.8. The predicted molar refractivity (Wildman–Crippen MR) is 483 cm³/mol. The van der Waals surface area contributed by atoms with Crippen LogP contribution in [0.1, 0.15) is 178 Å². The Morgan fingerprint density at radius 1 is 0.193 bits per heavy atom. The SMILES string of the molecule is Cc1cc(C)cc(-c2cc(CC3CCCC3)c3ccccc3n2)c1.Cc1cccc(-c2cc(CC3CCCC3)c3ccccc3n2)c1.Cc1cccc(-c2ccc3c(CC4CCCC4)cccc3n2)c1.c1ccc(-c2cc(CC3CCCC3)c3ccccc3n2)cc1.c1ccc(-c2ccc3c(CC4CCCC4)cccc3n2)cc1. The minimum atomic E-state index is 0.850. The van der Waals surface area contributed by atoms with Crippen LogP contribution in [0.2, 0.25) is 0 Å². The van der Waals surface area contributed by atoms with Gasteiger partial charge < -0.3 is 0 Å². The Morgan fingerprint density at radius 2 is 0.447 bits per heavy atom. The molecule has 0 bridgehead atoms. The number of hydrogen-bond acceptors (Lipinski definition) is 5. The molecule has 0 atom stereocenters. The van der Waals surface area contributed by atoms with Crippen LogP contribution in [0.25, 0.3) is 111 Å². The smallest absolute Gasteiger partial charge is 0.0712 e. The maximum Gasteiger partial charge on any atom is 0.0712 e. The zero-order valence-corrected chi connectivity index (χ0v) is 67.9. The van der Waals surface area contributed by atoms with Gasteiger partial charge in [-0.15, -0.1) is 0 Å². The Kier molecular flexibility index (Phi) is 25.4. The van der Waals surface area contributed by atoms with Crippen molar-refractivity contribution in [1.29, 1.82) is 0 Å². The molecule has 5 fully saturated rings. The maximum absolute atomic E-state index is 4.96. The first kappa shape index (κ1) is 77.2. The molecule has 5 aliphatic rings. The topological polar surface area (TPSA) is 64.5 Å². The van der Waals surface area contributed by atoms with Gasteiger partial charge in [0.05, 0.1) is 56.1 Å². The van der Waals surface area contributed by atoms with Gasteiger partial charge >= 0.3 is 0 Å². The summed E-state index contributed by atoms with van der Waals surface area (Å²) in [6.07, 6.45) is 33.9. The molecule has 574 valence electrons. The first-order valence-electron chi connectivity index (χ1n) is 43.3. The van der Waals surface area contributed by atoms with E-state index in [0.717, 1.165) is 85.6 Å². The van der Waals surface area contributed by atoms with Gasteiger partial charge in [0, 0.05) is 54.7 Å². The van der Waals surface area contributed by atoms with Crippen LogP contribution in [-0.2, 0) is 32.1 Å². The highest BCUT2D eigenvalue weighted by atomic mass is 14.7. The average molecular weight is 1490 g/mol. The standard InChI is InChI=1S/C23H25N.2C22H23N.2C21H21N/c1-16-11-17(2)13-20(12-16)23-15-19(14-18-7-3-4-8-18)21-9-5-6-10-22(21)24-23;1-16-6-4-10-19(14-16)21-13-12-20-18(9-5-11-22(20)23-21)15-17-7-2-3-8-17;1-16-7-6-10-18(13-16)22-15-19(14-17-8-2-3-9-17)20-11-4-5-12-21(20)23-22;1-2-10-17(11-3-1)21-15-18(14-16-8-4-5-9-16)19-12-6-7-13-20(19)22-21;1-2-9-17(10-3-1)20-14-13-19-18(11-6-12-21(19)22-20)15-16-7-4-5-8-16/h5-6,9-13,15,18H,3-4,7-8,14H2,1-2H3;4-6,9-14,17H,2-3,7-8,15H2,1H3;4-7,10-13,15,17H,2-3,8-9,14H2,1H3;1-3,6-7,10-13,15-16H,4-5,8-9,14H2;1-3,6,9-14,16H,4-5,7-8,15H2. The zero-order valence-electron chi connectivity index (χ0n) is 67.9. The molecule has 0 amide bonds. The number of benzene rings is 10. The van der Waals surface area contributed by atoms with E-state index in [2.05, 4.69) is 301 Å². The molecule has 15 aromatic rings. The molecular formula is C109H113N5. The molecule has 5 saturated carbocycles. The fourth-order valence-electron chi connectivity index (χ4n) is 19.4. The van der Waals surface area contributed by atoms with E-state index in [4.69, 9.17) is 24.9 Å². The van der Waals surface area contributed by atoms with Crippen molar-refractivity contribution in [2.75, 3.05) is 0 Å². The molecule has 5 aromatic heterocycles. The van der Waals surface area contributed by atoms with Gasteiger partial charge in [-0.25, -0.2) is 24.9 Å². The molecule has 0 saturated heterocycles. The molecule has 0 N–H and O–H groups in total. The quantitative estimate of drug-likeness (QED) is 0.102. The van der Waals surface area contributed by atoms with Crippen molar-refractivity contribution in [3.05, 3.63) is 329 Å². The van der Waals surface area contributed by atoms with Gasteiger partial charge in [-0.2, -0.15) is 0 Å². The summed E-state index contributed by atoms with van der Waals surface area (Å²) in [4.78, 5) is 24.6. The van der Waals surface area contributed by atoms with Crippen molar-refractivity contribution < 1.29 is 0 Å². The first-order valence-corrected chi connectivity index (χ1v) is 43.3. The Labute approximate surface area is 678 Å². The number of pyridine rings is 5. The van der Waals surface area contributed by atoms with Gasteiger partial charge in [0.2, 0.25) is 0 Å². The van der Waals surface area contributed by atoms with E-state index in [1.165, 1.54) is 265 Å². The third-order valence-electron chi connectivity index (χ3n) is 25.3. The second-order valence-electron chi connectivity index (χ2n) is 34.0. The summed E-state index contributed by atoms with van der Waals surface area (Å²) >= 11 is 0. The molecule has 0 radical (unpaired) electrons. The minimum absolute atomic E-state index is 0.850. The van der Waals surface area contributed by atoms with E-state index < -0.39 is 0 Å². The lowest BCUT2D eigenvalue weighted by Crippen LogP contribution is -2.01. The third-order valence-corrected chi connectivity index (χ3v) is 25.3. The van der Waals surface area contributed by atoms with Crippen LogP contribution in [-0.4, -0.2) is 24.9 Å². The highest BCUT2D eigenvalue weighted by Gasteiger charge is 2.23. The Bertz CT molecular complexity index is 5660. The van der Waals surface area contributed by atoms with E-state index in [1.54, 1.807) is 0 Å². The van der Waals surface area contributed by atoms with Crippen LogP contribution in [0.4, 0.5) is 0 Å². The molecule has 0 aliphatic heterocycles. The first-order chi connectivity index (χ1) is 56.1. The number of aryl methyl sites for hydroxylation is 4. The van der Waals surface area contributed by atoms with Crippen LogP contribution < -0.4 is 0 Å². The van der Waals surface area contributed by atoms with E-state index in [0.29, 0.717) is 0 Å². The van der Waals surface area contributed by atoms with Crippen molar-refractivity contribution >= 4 is 54.5 Å². The summed E-state index contributed by atoms with van der Waals surface area (Å²) in [6.45, 7) is 8.60. The van der Waals surface area contributed by atoms with E-state index in [-0.39, 0.29) is 0 Å². The number of para-hydroxylation sites is 3. The molecule has 0 unspecified atom stereocenters. The number of aromatic nitrogens is 5. The molecule has 10 aromatic carbocycles. The monoisotopic (exact) mass is 1490 g/mol. The largest absolute Gasteiger partial charge is 0.248 e. The molecule has 20 rings (SSSR count). The van der Waals surface area contributed by atoms with E-state index >= 15 is 0 Å². The average Bonchev–Trinajstić information content (AvgIpc) is 1.07. The lowest BCUT2D eigenvalue weighted by atomic mass is 9.93. The van der Waals surface area contributed by atoms with Crippen LogP contribution in [0.5, 0.6) is 0 Å². The maximum atomic E-state index is 4.96. The summed E-state index contributed by atoms with van der Waals surface area (Å²) in [5.74, 6) is 4.31. The molecule has 5 heterocycles. The van der Waals surface area contributed by atoms with Crippen LogP contribution >= 0.6 is 0 Å². The fourth-order valence-corrected chi connectivity index (χ4v) is 19.4. The van der Waals surface area contributed by atoms with Crippen LogP contribution in [0, 0.1) is 57.3 Å². The molecule has 5 heteroatoms. The Hall–Kier alpha value is -10.8. The highest BCUT2D eigenvalue weighted by Crippen LogP contribution is 2.39. The van der Waals surface area contributed by atoms with Crippen molar-refractivity contribution in [3.63, 3.8) is 0 Å². The molecule has 0 spiro atoms. The van der Waals surface area contributed by atoms with Gasteiger partial charge in [0.1, 0.15) is 0 Å². The Balaban J connectivity index is 0.000000107. The van der Waals surface area contributed by atoms with Gasteiger partial charge in [-0.1, -0.05) is 345 Å². The Morgan fingerprint density at radius 3 is 0.816 bits per heavy atom. The second kappa shape index (κ2) is 37.5. The number of fused-ring (bicyclic) bond motifs is 5. The van der Waals surface area contributed by atoms with E-state index in [1.807, 2.05) is 6.07 Å². The zero-order chi connectivity index (χ0) is 77.4. The summed E-state index contributed by atoms with van der Waals surface area (Å²) in [5, 5.41) is 6.65. The van der Waals surface area contributed by atoms with Gasteiger partial charge in [-0.05, 0) is 202 Å². The number of nitrogens with zero attached hydrogens (tertiary/aromatic N) is 5. The predicted octanol–water partition coefficient (Wildman–Crippen LogP) is 29.4. The number of hydrogen-bond donors (Lipinski definition) is 0. The summed E-state index contributed by atoms with van der Waals surface area (Å²) in [7, 11) is 0. The molecule has 5 aliphatic carbocycles. The van der Waals surface area contributed by atoms with Gasteiger partial charge in [-0.3, -0.25) is 0 Å². The van der Waals surface area contributed by atoms with Crippen molar-refractivity contribution in [2.45, 2.75) is 188 Å². The normalized spacial score (nSPS) is 15.4. The van der Waals surface area contributed by atoms with Gasteiger partial charge in [0.15, 0.2) is 0 Å². The third kappa shape index (κ3) is 19.7. The van der Waals surface area contributed by atoms with Crippen LogP contribution in [0.15, 0.2) is 279 Å².